The summed E-state index contributed by atoms with van der Waals surface area (Å²) < 4.78 is 0. The SMILES string of the molecule is CC#CCCNC(=O)NNC(C)=O. The van der Waals surface area contributed by atoms with E-state index in [1.807, 2.05) is 0 Å². The van der Waals surface area contributed by atoms with Gasteiger partial charge < -0.3 is 5.32 Å². The molecule has 0 saturated heterocycles. The molecule has 72 valence electrons. The summed E-state index contributed by atoms with van der Waals surface area (Å²) in [5, 5.41) is 2.51. The minimum atomic E-state index is -0.437. The van der Waals surface area contributed by atoms with E-state index in [0.29, 0.717) is 13.0 Å². The molecule has 0 aliphatic heterocycles. The van der Waals surface area contributed by atoms with Gasteiger partial charge in [-0.25, -0.2) is 10.2 Å². The van der Waals surface area contributed by atoms with Crippen molar-refractivity contribution in [3.05, 3.63) is 0 Å². The molecule has 0 unspecified atom stereocenters. The lowest BCUT2D eigenvalue weighted by Crippen LogP contribution is -2.46. The summed E-state index contributed by atoms with van der Waals surface area (Å²) in [4.78, 5) is 21.2. The van der Waals surface area contributed by atoms with Crippen LogP contribution in [0.3, 0.4) is 0 Å². The van der Waals surface area contributed by atoms with Crippen LogP contribution in [-0.2, 0) is 4.79 Å². The molecule has 0 aromatic rings. The van der Waals surface area contributed by atoms with Crippen LogP contribution in [0.25, 0.3) is 0 Å². The number of hydrogen-bond donors (Lipinski definition) is 3. The summed E-state index contributed by atoms with van der Waals surface area (Å²) >= 11 is 0. The van der Waals surface area contributed by atoms with Crippen LogP contribution in [-0.4, -0.2) is 18.5 Å². The number of nitrogens with one attached hydrogen (secondary N) is 3. The van der Waals surface area contributed by atoms with Gasteiger partial charge in [0.15, 0.2) is 0 Å². The molecule has 0 bridgehead atoms. The highest BCUT2D eigenvalue weighted by Gasteiger charge is 1.97. The van der Waals surface area contributed by atoms with Gasteiger partial charge in [-0.2, -0.15) is 0 Å². The zero-order valence-electron chi connectivity index (χ0n) is 7.73. The van der Waals surface area contributed by atoms with Crippen LogP contribution in [0.4, 0.5) is 4.79 Å². The van der Waals surface area contributed by atoms with Crippen LogP contribution in [0, 0.1) is 11.8 Å². The molecule has 0 heterocycles. The predicted molar refractivity (Wildman–Crippen MR) is 48.4 cm³/mol. The number of carbonyl (C=O) groups excluding carboxylic acids is 2. The standard InChI is InChI=1S/C8H13N3O2/c1-3-4-5-6-9-8(13)11-10-7(2)12/h5-6H2,1-2H3,(H,10,12)(H2,9,11,13). The topological polar surface area (TPSA) is 70.2 Å². The highest BCUT2D eigenvalue weighted by molar-refractivity contribution is 5.79. The van der Waals surface area contributed by atoms with E-state index in [-0.39, 0.29) is 5.91 Å². The Morgan fingerprint density at radius 1 is 1.31 bits per heavy atom. The van der Waals surface area contributed by atoms with E-state index in [9.17, 15) is 9.59 Å². The number of rotatable bonds is 2. The summed E-state index contributed by atoms with van der Waals surface area (Å²) in [5.74, 6) is 5.17. The molecular weight excluding hydrogens is 170 g/mol. The van der Waals surface area contributed by atoms with Crippen LogP contribution >= 0.6 is 0 Å². The lowest BCUT2D eigenvalue weighted by molar-refractivity contribution is -0.119. The highest BCUT2D eigenvalue weighted by Crippen LogP contribution is 1.71. The van der Waals surface area contributed by atoms with E-state index in [1.165, 1.54) is 6.92 Å². The first kappa shape index (κ1) is 11.3. The van der Waals surface area contributed by atoms with Gasteiger partial charge in [0.05, 0.1) is 0 Å². The summed E-state index contributed by atoms with van der Waals surface area (Å²) in [6.07, 6.45) is 0.601. The summed E-state index contributed by atoms with van der Waals surface area (Å²) in [6, 6.07) is -0.437. The molecule has 5 heteroatoms. The van der Waals surface area contributed by atoms with E-state index in [0.717, 1.165) is 0 Å². The molecule has 0 radical (unpaired) electrons. The number of hydrogen-bond acceptors (Lipinski definition) is 2. The number of carbonyl (C=O) groups is 2. The zero-order chi connectivity index (χ0) is 10.1. The van der Waals surface area contributed by atoms with Crippen LogP contribution in [0.1, 0.15) is 20.3 Å². The third-order valence-electron chi connectivity index (χ3n) is 1.06. The second-order valence-electron chi connectivity index (χ2n) is 2.24. The molecule has 0 aliphatic rings. The van der Waals surface area contributed by atoms with Gasteiger partial charge >= 0.3 is 6.03 Å². The Balaban J connectivity index is 3.39. The number of hydrazine groups is 1. The maximum Gasteiger partial charge on any atom is 0.333 e. The fourth-order valence-electron chi connectivity index (χ4n) is 0.553. The summed E-state index contributed by atoms with van der Waals surface area (Å²) in [5.41, 5.74) is 4.31. The Labute approximate surface area is 77.2 Å². The Bertz CT molecular complexity index is 240. The second kappa shape index (κ2) is 6.98. The quantitative estimate of drug-likeness (QED) is 0.314. The van der Waals surface area contributed by atoms with Crippen molar-refractivity contribution in [2.45, 2.75) is 20.3 Å². The molecule has 3 amide bonds. The molecule has 5 nitrogen and oxygen atoms in total. The van der Waals surface area contributed by atoms with Crippen LogP contribution in [0.15, 0.2) is 0 Å². The monoisotopic (exact) mass is 183 g/mol. The van der Waals surface area contributed by atoms with Crippen molar-refractivity contribution in [2.24, 2.45) is 0 Å². The first-order chi connectivity index (χ1) is 6.16. The second-order valence-corrected chi connectivity index (χ2v) is 2.24. The van der Waals surface area contributed by atoms with Gasteiger partial charge in [-0.05, 0) is 6.92 Å². The Hall–Kier alpha value is -1.70. The van der Waals surface area contributed by atoms with Crippen LogP contribution in [0.5, 0.6) is 0 Å². The first-order valence-corrected chi connectivity index (χ1v) is 3.87. The number of amides is 3. The minimum absolute atomic E-state index is 0.316. The molecule has 0 fully saturated rings. The molecule has 0 atom stereocenters. The zero-order valence-corrected chi connectivity index (χ0v) is 7.73. The fourth-order valence-corrected chi connectivity index (χ4v) is 0.553. The Kier molecular flexibility index (Phi) is 6.06. The third kappa shape index (κ3) is 8.20. The molecule has 0 aliphatic carbocycles. The lowest BCUT2D eigenvalue weighted by atomic mass is 10.4. The Morgan fingerprint density at radius 3 is 2.54 bits per heavy atom. The van der Waals surface area contributed by atoms with Crippen molar-refractivity contribution in [3.63, 3.8) is 0 Å². The Morgan fingerprint density at radius 2 is 2.00 bits per heavy atom. The van der Waals surface area contributed by atoms with E-state index >= 15 is 0 Å². The minimum Gasteiger partial charge on any atom is -0.336 e. The van der Waals surface area contributed by atoms with Gasteiger partial charge in [0.1, 0.15) is 0 Å². The van der Waals surface area contributed by atoms with Gasteiger partial charge in [-0.15, -0.1) is 11.8 Å². The van der Waals surface area contributed by atoms with E-state index < -0.39 is 6.03 Å². The normalized spacial score (nSPS) is 7.85. The number of urea groups is 1. The van der Waals surface area contributed by atoms with Gasteiger partial charge in [-0.3, -0.25) is 10.2 Å². The smallest absolute Gasteiger partial charge is 0.333 e. The largest absolute Gasteiger partial charge is 0.336 e. The third-order valence-corrected chi connectivity index (χ3v) is 1.06. The van der Waals surface area contributed by atoms with E-state index in [1.54, 1.807) is 6.92 Å². The van der Waals surface area contributed by atoms with E-state index in [4.69, 9.17) is 0 Å². The molecular formula is C8H13N3O2. The average molecular weight is 183 g/mol. The van der Waals surface area contributed by atoms with Crippen molar-refractivity contribution in [1.29, 1.82) is 0 Å². The molecule has 3 N–H and O–H groups in total. The maximum absolute atomic E-state index is 10.8. The van der Waals surface area contributed by atoms with Gasteiger partial charge in [0.2, 0.25) is 5.91 Å². The van der Waals surface area contributed by atoms with Crippen molar-refractivity contribution < 1.29 is 9.59 Å². The van der Waals surface area contributed by atoms with Gasteiger partial charge in [0, 0.05) is 19.9 Å². The first-order valence-electron chi connectivity index (χ1n) is 3.87. The van der Waals surface area contributed by atoms with Crippen molar-refractivity contribution in [1.82, 2.24) is 16.2 Å². The van der Waals surface area contributed by atoms with Gasteiger partial charge in [-0.1, -0.05) is 0 Å². The predicted octanol–water partition coefficient (Wildman–Crippen LogP) is -0.250. The highest BCUT2D eigenvalue weighted by atomic mass is 16.2. The molecule has 0 spiro atoms. The van der Waals surface area contributed by atoms with Crippen molar-refractivity contribution in [3.8, 4) is 11.8 Å². The molecule has 13 heavy (non-hydrogen) atoms. The summed E-state index contributed by atoms with van der Waals surface area (Å²) in [7, 11) is 0. The van der Waals surface area contributed by atoms with Gasteiger partial charge in [0.25, 0.3) is 0 Å². The molecule has 0 aromatic carbocycles. The van der Waals surface area contributed by atoms with Crippen LogP contribution < -0.4 is 16.2 Å². The van der Waals surface area contributed by atoms with E-state index in [2.05, 4.69) is 28.0 Å². The fraction of sp³-hybridized carbons (Fsp3) is 0.500. The van der Waals surface area contributed by atoms with Crippen molar-refractivity contribution >= 4 is 11.9 Å². The van der Waals surface area contributed by atoms with Crippen LogP contribution in [0.2, 0.25) is 0 Å². The molecule has 0 rings (SSSR count). The lowest BCUT2D eigenvalue weighted by Gasteiger charge is -2.05. The van der Waals surface area contributed by atoms with Crippen molar-refractivity contribution in [2.75, 3.05) is 6.54 Å². The summed E-state index contributed by atoms with van der Waals surface area (Å²) in [6.45, 7) is 3.51. The molecule has 0 saturated carbocycles. The average Bonchev–Trinajstić information content (AvgIpc) is 2.09. The molecule has 0 aromatic heterocycles. The maximum atomic E-state index is 10.8.